The van der Waals surface area contributed by atoms with Gasteiger partial charge < -0.3 is 9.84 Å². The lowest BCUT2D eigenvalue weighted by Gasteiger charge is -2.09. The van der Waals surface area contributed by atoms with Gasteiger partial charge in [0.25, 0.3) is 0 Å². The number of rotatable bonds is 4. The van der Waals surface area contributed by atoms with E-state index in [1.54, 1.807) is 23.9 Å². The number of aromatic carboxylic acids is 1. The SMILES string of the molecule is O=C(O)c1ccc(SCc2cc(Cl)cc3c2OCC3)cc1. The zero-order valence-electron chi connectivity index (χ0n) is 11.1. The van der Waals surface area contributed by atoms with Crippen LogP contribution in [0, 0.1) is 0 Å². The van der Waals surface area contributed by atoms with Crippen LogP contribution < -0.4 is 4.74 Å². The highest BCUT2D eigenvalue weighted by Gasteiger charge is 2.17. The number of carboxylic acids is 1. The van der Waals surface area contributed by atoms with Crippen molar-refractivity contribution in [1.82, 2.24) is 0 Å². The number of fused-ring (bicyclic) bond motifs is 1. The van der Waals surface area contributed by atoms with Gasteiger partial charge in [0, 0.05) is 27.7 Å². The molecule has 1 heterocycles. The van der Waals surface area contributed by atoms with E-state index >= 15 is 0 Å². The van der Waals surface area contributed by atoms with Crippen LogP contribution in [-0.2, 0) is 12.2 Å². The molecule has 1 aliphatic rings. The van der Waals surface area contributed by atoms with Gasteiger partial charge in [-0.05, 0) is 42.0 Å². The Balaban J connectivity index is 1.75. The van der Waals surface area contributed by atoms with E-state index in [1.807, 2.05) is 24.3 Å². The summed E-state index contributed by atoms with van der Waals surface area (Å²) in [5.74, 6) is 0.789. The summed E-state index contributed by atoms with van der Waals surface area (Å²) >= 11 is 7.77. The normalized spacial score (nSPS) is 12.8. The molecule has 0 aliphatic carbocycles. The number of hydrogen-bond acceptors (Lipinski definition) is 3. The second kappa shape index (κ2) is 6.00. The molecule has 3 rings (SSSR count). The highest BCUT2D eigenvalue weighted by molar-refractivity contribution is 7.98. The molecule has 0 saturated heterocycles. The Morgan fingerprint density at radius 2 is 2.05 bits per heavy atom. The molecule has 21 heavy (non-hydrogen) atoms. The Labute approximate surface area is 131 Å². The quantitative estimate of drug-likeness (QED) is 0.855. The van der Waals surface area contributed by atoms with Crippen LogP contribution in [0.25, 0.3) is 0 Å². The molecule has 108 valence electrons. The maximum atomic E-state index is 10.8. The van der Waals surface area contributed by atoms with Crippen LogP contribution in [0.3, 0.4) is 0 Å². The van der Waals surface area contributed by atoms with Gasteiger partial charge in [0.05, 0.1) is 12.2 Å². The second-order valence-electron chi connectivity index (χ2n) is 4.77. The molecule has 5 heteroatoms. The van der Waals surface area contributed by atoms with E-state index in [-0.39, 0.29) is 0 Å². The number of carbonyl (C=O) groups is 1. The van der Waals surface area contributed by atoms with Crippen molar-refractivity contribution in [1.29, 1.82) is 0 Å². The lowest BCUT2D eigenvalue weighted by molar-refractivity contribution is 0.0697. The molecule has 0 saturated carbocycles. The van der Waals surface area contributed by atoms with Gasteiger partial charge in [-0.15, -0.1) is 11.8 Å². The molecular weight excluding hydrogens is 308 g/mol. The standard InChI is InChI=1S/C16H13ClO3S/c17-13-7-11-5-6-20-15(11)12(8-13)9-21-14-3-1-10(2-4-14)16(18)19/h1-4,7-8H,5-6,9H2,(H,18,19). The summed E-state index contributed by atoms with van der Waals surface area (Å²) in [6, 6.07) is 10.8. The molecule has 0 bridgehead atoms. The van der Waals surface area contributed by atoms with E-state index in [4.69, 9.17) is 21.4 Å². The molecule has 0 spiro atoms. The molecule has 3 nitrogen and oxygen atoms in total. The summed E-state index contributed by atoms with van der Waals surface area (Å²) in [4.78, 5) is 11.8. The van der Waals surface area contributed by atoms with Crippen LogP contribution in [0.2, 0.25) is 5.02 Å². The summed E-state index contributed by atoms with van der Waals surface area (Å²) in [5.41, 5.74) is 2.55. The average molecular weight is 321 g/mol. The molecule has 0 atom stereocenters. The fraction of sp³-hybridized carbons (Fsp3) is 0.188. The third-order valence-corrected chi connectivity index (χ3v) is 4.60. The Hall–Kier alpha value is -1.65. The number of hydrogen-bond donors (Lipinski definition) is 1. The first-order chi connectivity index (χ1) is 10.1. The summed E-state index contributed by atoms with van der Waals surface area (Å²) < 4.78 is 5.67. The molecule has 1 N–H and O–H groups in total. The van der Waals surface area contributed by atoms with Crippen molar-refractivity contribution in [2.24, 2.45) is 0 Å². The van der Waals surface area contributed by atoms with Crippen LogP contribution in [0.15, 0.2) is 41.3 Å². The fourth-order valence-corrected chi connectivity index (χ4v) is 3.44. The van der Waals surface area contributed by atoms with E-state index < -0.39 is 5.97 Å². The maximum absolute atomic E-state index is 10.8. The van der Waals surface area contributed by atoms with Gasteiger partial charge in [-0.2, -0.15) is 0 Å². The van der Waals surface area contributed by atoms with Gasteiger partial charge in [-0.3, -0.25) is 0 Å². The minimum absolute atomic E-state index is 0.298. The van der Waals surface area contributed by atoms with E-state index in [1.165, 1.54) is 5.56 Å². The number of carboxylic acid groups (broad SMARTS) is 1. The van der Waals surface area contributed by atoms with Crippen molar-refractivity contribution in [2.75, 3.05) is 6.61 Å². The zero-order chi connectivity index (χ0) is 14.8. The van der Waals surface area contributed by atoms with Crippen LogP contribution in [0.5, 0.6) is 5.75 Å². The van der Waals surface area contributed by atoms with E-state index in [0.29, 0.717) is 12.2 Å². The van der Waals surface area contributed by atoms with Crippen molar-refractivity contribution in [3.8, 4) is 5.75 Å². The van der Waals surface area contributed by atoms with Crippen LogP contribution >= 0.6 is 23.4 Å². The third-order valence-electron chi connectivity index (χ3n) is 3.32. The summed E-state index contributed by atoms with van der Waals surface area (Å²) in [6.07, 6.45) is 0.904. The lowest BCUT2D eigenvalue weighted by atomic mass is 10.1. The Morgan fingerprint density at radius 1 is 1.29 bits per heavy atom. The Bertz CT molecular complexity index is 683. The first-order valence-corrected chi connectivity index (χ1v) is 7.90. The minimum atomic E-state index is -0.910. The molecular formula is C16H13ClO3S. The van der Waals surface area contributed by atoms with Crippen molar-refractivity contribution in [3.05, 3.63) is 58.1 Å². The molecule has 0 fully saturated rings. The average Bonchev–Trinajstić information content (AvgIpc) is 2.93. The largest absolute Gasteiger partial charge is 0.493 e. The van der Waals surface area contributed by atoms with Crippen molar-refractivity contribution in [3.63, 3.8) is 0 Å². The predicted octanol–water partition coefficient (Wildman–Crippen LogP) is 4.27. The van der Waals surface area contributed by atoms with Crippen molar-refractivity contribution >= 4 is 29.3 Å². The molecule has 1 aliphatic heterocycles. The van der Waals surface area contributed by atoms with Crippen LogP contribution in [0.4, 0.5) is 0 Å². The van der Waals surface area contributed by atoms with Crippen molar-refractivity contribution < 1.29 is 14.6 Å². The number of halogens is 1. The van der Waals surface area contributed by atoms with E-state index in [9.17, 15) is 4.79 Å². The molecule has 2 aromatic carbocycles. The van der Waals surface area contributed by atoms with Crippen LogP contribution in [-0.4, -0.2) is 17.7 Å². The number of thioether (sulfide) groups is 1. The highest BCUT2D eigenvalue weighted by atomic mass is 35.5. The lowest BCUT2D eigenvalue weighted by Crippen LogP contribution is -1.95. The second-order valence-corrected chi connectivity index (χ2v) is 6.26. The fourth-order valence-electron chi connectivity index (χ4n) is 2.31. The Morgan fingerprint density at radius 3 is 2.76 bits per heavy atom. The molecule has 0 amide bonds. The van der Waals surface area contributed by atoms with E-state index in [0.717, 1.165) is 33.4 Å². The van der Waals surface area contributed by atoms with Gasteiger partial charge in [-0.1, -0.05) is 11.6 Å². The van der Waals surface area contributed by atoms with Gasteiger partial charge >= 0.3 is 5.97 Å². The first kappa shape index (κ1) is 14.3. The molecule has 0 aromatic heterocycles. The van der Waals surface area contributed by atoms with Crippen LogP contribution in [0.1, 0.15) is 21.5 Å². The van der Waals surface area contributed by atoms with Gasteiger partial charge in [0.1, 0.15) is 5.75 Å². The predicted molar refractivity (Wildman–Crippen MR) is 83.6 cm³/mol. The zero-order valence-corrected chi connectivity index (χ0v) is 12.7. The van der Waals surface area contributed by atoms with Gasteiger partial charge in [-0.25, -0.2) is 4.79 Å². The van der Waals surface area contributed by atoms with E-state index in [2.05, 4.69) is 0 Å². The minimum Gasteiger partial charge on any atom is -0.493 e. The molecule has 0 radical (unpaired) electrons. The smallest absolute Gasteiger partial charge is 0.335 e. The summed E-state index contributed by atoms with van der Waals surface area (Å²) in [5, 5.41) is 9.61. The van der Waals surface area contributed by atoms with Crippen molar-refractivity contribution in [2.45, 2.75) is 17.1 Å². The van der Waals surface area contributed by atoms with Gasteiger partial charge in [0.15, 0.2) is 0 Å². The summed E-state index contributed by atoms with van der Waals surface area (Å²) in [6.45, 7) is 0.709. The number of ether oxygens (including phenoxy) is 1. The monoisotopic (exact) mass is 320 g/mol. The highest BCUT2D eigenvalue weighted by Crippen LogP contribution is 2.36. The molecule has 2 aromatic rings. The Kier molecular flexibility index (Phi) is 4.08. The topological polar surface area (TPSA) is 46.5 Å². The summed E-state index contributed by atoms with van der Waals surface area (Å²) in [7, 11) is 0. The first-order valence-electron chi connectivity index (χ1n) is 6.54. The third kappa shape index (κ3) is 3.17. The maximum Gasteiger partial charge on any atom is 0.335 e. The molecule has 0 unspecified atom stereocenters. The van der Waals surface area contributed by atoms with Gasteiger partial charge in [0.2, 0.25) is 0 Å². The number of benzene rings is 2.